The summed E-state index contributed by atoms with van der Waals surface area (Å²) in [7, 11) is 0. The summed E-state index contributed by atoms with van der Waals surface area (Å²) in [4.78, 5) is 0. The van der Waals surface area contributed by atoms with Crippen LogP contribution in [-0.4, -0.2) is 6.04 Å². The van der Waals surface area contributed by atoms with Crippen LogP contribution in [0.4, 0.5) is 0 Å². The standard InChI is InChI=1S/C20H31N/c1-14(2)19-10-7-15(3)11-20(19)21-13-16-5-4-6-18(12-16)17-8-9-17/h4-6,12,14-15,17,19-21H,7-11,13H2,1-3H3. The van der Waals surface area contributed by atoms with Gasteiger partial charge in [0.1, 0.15) is 0 Å². The molecule has 3 unspecified atom stereocenters. The summed E-state index contributed by atoms with van der Waals surface area (Å²) < 4.78 is 0. The van der Waals surface area contributed by atoms with Crippen LogP contribution in [-0.2, 0) is 6.54 Å². The SMILES string of the molecule is CC1CCC(C(C)C)C(NCc2cccc(C3CC3)c2)C1. The first-order valence-corrected chi connectivity index (χ1v) is 8.95. The highest BCUT2D eigenvalue weighted by atomic mass is 14.9. The van der Waals surface area contributed by atoms with Gasteiger partial charge < -0.3 is 5.32 Å². The minimum atomic E-state index is 0.707. The molecule has 116 valence electrons. The molecular formula is C20H31N. The predicted octanol–water partition coefficient (Wildman–Crippen LogP) is 5.11. The van der Waals surface area contributed by atoms with E-state index in [1.54, 1.807) is 5.56 Å². The van der Waals surface area contributed by atoms with Crippen LogP contribution in [0.3, 0.4) is 0 Å². The van der Waals surface area contributed by atoms with E-state index in [0.717, 1.165) is 30.2 Å². The van der Waals surface area contributed by atoms with Crippen LogP contribution >= 0.6 is 0 Å². The first-order chi connectivity index (χ1) is 10.1. The number of benzene rings is 1. The van der Waals surface area contributed by atoms with Crippen molar-refractivity contribution >= 4 is 0 Å². The van der Waals surface area contributed by atoms with Gasteiger partial charge in [0.05, 0.1) is 0 Å². The molecule has 1 N–H and O–H groups in total. The largest absolute Gasteiger partial charge is 0.310 e. The zero-order chi connectivity index (χ0) is 14.8. The summed E-state index contributed by atoms with van der Waals surface area (Å²) in [6.45, 7) is 8.24. The second-order valence-corrected chi connectivity index (χ2v) is 7.83. The maximum absolute atomic E-state index is 3.89. The molecule has 1 nitrogen and oxygen atoms in total. The fourth-order valence-electron chi connectivity index (χ4n) is 4.06. The number of nitrogens with one attached hydrogen (secondary N) is 1. The molecule has 0 bridgehead atoms. The van der Waals surface area contributed by atoms with Crippen molar-refractivity contribution in [2.45, 2.75) is 71.4 Å². The van der Waals surface area contributed by atoms with Crippen LogP contribution in [0.2, 0.25) is 0 Å². The van der Waals surface area contributed by atoms with E-state index in [1.807, 2.05) is 0 Å². The fraction of sp³-hybridized carbons (Fsp3) is 0.700. The van der Waals surface area contributed by atoms with Gasteiger partial charge in [-0.3, -0.25) is 0 Å². The third-order valence-corrected chi connectivity index (χ3v) is 5.59. The Kier molecular flexibility index (Phi) is 4.69. The first kappa shape index (κ1) is 15.1. The van der Waals surface area contributed by atoms with Crippen LogP contribution in [0.25, 0.3) is 0 Å². The van der Waals surface area contributed by atoms with Gasteiger partial charge in [-0.25, -0.2) is 0 Å². The average Bonchev–Trinajstić information content (AvgIpc) is 3.30. The van der Waals surface area contributed by atoms with Crippen LogP contribution in [0.5, 0.6) is 0 Å². The van der Waals surface area contributed by atoms with Crippen molar-refractivity contribution in [3.8, 4) is 0 Å². The zero-order valence-corrected chi connectivity index (χ0v) is 13.9. The van der Waals surface area contributed by atoms with E-state index in [-0.39, 0.29) is 0 Å². The summed E-state index contributed by atoms with van der Waals surface area (Å²) in [6.07, 6.45) is 6.96. The van der Waals surface area contributed by atoms with Crippen molar-refractivity contribution in [3.63, 3.8) is 0 Å². The Bertz CT molecular complexity index is 461. The Morgan fingerprint density at radius 2 is 1.95 bits per heavy atom. The molecule has 0 aromatic heterocycles. The second kappa shape index (κ2) is 6.52. The third kappa shape index (κ3) is 3.88. The Hall–Kier alpha value is -0.820. The van der Waals surface area contributed by atoms with Gasteiger partial charge >= 0.3 is 0 Å². The third-order valence-electron chi connectivity index (χ3n) is 5.59. The topological polar surface area (TPSA) is 12.0 Å². The lowest BCUT2D eigenvalue weighted by Crippen LogP contribution is -2.42. The highest BCUT2D eigenvalue weighted by Gasteiger charge is 2.30. The number of hydrogen-bond acceptors (Lipinski definition) is 1. The summed E-state index contributed by atoms with van der Waals surface area (Å²) in [6, 6.07) is 9.98. The molecule has 1 heteroatoms. The average molecular weight is 285 g/mol. The predicted molar refractivity (Wildman–Crippen MR) is 90.4 cm³/mol. The molecule has 2 saturated carbocycles. The molecule has 0 saturated heterocycles. The molecule has 3 rings (SSSR count). The van der Waals surface area contributed by atoms with Gasteiger partial charge in [0.25, 0.3) is 0 Å². The fourth-order valence-corrected chi connectivity index (χ4v) is 4.06. The molecule has 0 aliphatic heterocycles. The van der Waals surface area contributed by atoms with E-state index < -0.39 is 0 Å². The Morgan fingerprint density at radius 3 is 2.67 bits per heavy atom. The summed E-state index contributed by atoms with van der Waals surface area (Å²) >= 11 is 0. The zero-order valence-electron chi connectivity index (χ0n) is 13.9. The molecule has 3 atom stereocenters. The van der Waals surface area contributed by atoms with E-state index in [4.69, 9.17) is 0 Å². The molecule has 0 heterocycles. The van der Waals surface area contributed by atoms with Gasteiger partial charge in [-0.05, 0) is 60.5 Å². The monoisotopic (exact) mass is 285 g/mol. The quantitative estimate of drug-likeness (QED) is 0.792. The summed E-state index contributed by atoms with van der Waals surface area (Å²) in [5.41, 5.74) is 3.03. The van der Waals surface area contributed by atoms with Crippen LogP contribution in [0, 0.1) is 17.8 Å². The van der Waals surface area contributed by atoms with Crippen molar-refractivity contribution in [1.82, 2.24) is 5.32 Å². The van der Waals surface area contributed by atoms with Crippen molar-refractivity contribution in [3.05, 3.63) is 35.4 Å². The molecule has 2 fully saturated rings. The van der Waals surface area contributed by atoms with Crippen molar-refractivity contribution < 1.29 is 0 Å². The highest BCUT2D eigenvalue weighted by molar-refractivity contribution is 5.29. The highest BCUT2D eigenvalue weighted by Crippen LogP contribution is 2.40. The van der Waals surface area contributed by atoms with E-state index in [1.165, 1.54) is 37.7 Å². The summed E-state index contributed by atoms with van der Waals surface area (Å²) in [5.74, 6) is 3.40. The van der Waals surface area contributed by atoms with Gasteiger partial charge in [0.15, 0.2) is 0 Å². The molecule has 21 heavy (non-hydrogen) atoms. The molecular weight excluding hydrogens is 254 g/mol. The molecule has 2 aliphatic rings. The number of hydrogen-bond donors (Lipinski definition) is 1. The Morgan fingerprint density at radius 1 is 1.14 bits per heavy atom. The lowest BCUT2D eigenvalue weighted by Gasteiger charge is -2.38. The lowest BCUT2D eigenvalue weighted by molar-refractivity contribution is 0.169. The first-order valence-electron chi connectivity index (χ1n) is 8.95. The molecule has 1 aromatic rings. The molecule has 2 aliphatic carbocycles. The smallest absolute Gasteiger partial charge is 0.0208 e. The minimum absolute atomic E-state index is 0.707. The van der Waals surface area contributed by atoms with Crippen molar-refractivity contribution in [2.75, 3.05) is 0 Å². The molecule has 0 amide bonds. The van der Waals surface area contributed by atoms with Gasteiger partial charge in [0.2, 0.25) is 0 Å². The second-order valence-electron chi connectivity index (χ2n) is 7.83. The summed E-state index contributed by atoms with van der Waals surface area (Å²) in [5, 5.41) is 3.89. The maximum atomic E-state index is 3.89. The molecule has 0 spiro atoms. The Balaban J connectivity index is 1.60. The lowest BCUT2D eigenvalue weighted by atomic mass is 9.74. The van der Waals surface area contributed by atoms with E-state index >= 15 is 0 Å². The van der Waals surface area contributed by atoms with Gasteiger partial charge in [-0.1, -0.05) is 51.5 Å². The molecule has 1 aromatic carbocycles. The van der Waals surface area contributed by atoms with Gasteiger partial charge in [-0.2, -0.15) is 0 Å². The van der Waals surface area contributed by atoms with Crippen LogP contribution in [0.1, 0.15) is 69.9 Å². The van der Waals surface area contributed by atoms with Crippen LogP contribution in [0.15, 0.2) is 24.3 Å². The number of rotatable bonds is 5. The van der Waals surface area contributed by atoms with Gasteiger partial charge in [0, 0.05) is 12.6 Å². The normalized spacial score (nSPS) is 29.8. The minimum Gasteiger partial charge on any atom is -0.310 e. The van der Waals surface area contributed by atoms with Gasteiger partial charge in [-0.15, -0.1) is 0 Å². The Labute approximate surface area is 130 Å². The van der Waals surface area contributed by atoms with Crippen LogP contribution < -0.4 is 5.32 Å². The van der Waals surface area contributed by atoms with Crippen molar-refractivity contribution in [1.29, 1.82) is 0 Å². The van der Waals surface area contributed by atoms with E-state index in [0.29, 0.717) is 6.04 Å². The maximum Gasteiger partial charge on any atom is 0.0208 e. The molecule has 0 radical (unpaired) electrons. The van der Waals surface area contributed by atoms with E-state index in [2.05, 4.69) is 50.4 Å². The van der Waals surface area contributed by atoms with Crippen molar-refractivity contribution in [2.24, 2.45) is 17.8 Å². The van der Waals surface area contributed by atoms with E-state index in [9.17, 15) is 0 Å².